The molecule has 2 heterocycles. The second kappa shape index (κ2) is 11.6. The van der Waals surface area contributed by atoms with E-state index >= 15 is 0 Å². The number of rotatable bonds is 7. The van der Waals surface area contributed by atoms with Crippen LogP contribution in [0, 0.1) is 6.92 Å². The third-order valence-corrected chi connectivity index (χ3v) is 10.6. The number of aryl methyl sites for hydroxylation is 1. The molecule has 1 N–H and O–H groups in total. The maximum absolute atomic E-state index is 13.8. The number of anilines is 1. The number of ether oxygens (including phenoxy) is 1. The van der Waals surface area contributed by atoms with Crippen molar-refractivity contribution in [3.8, 4) is 5.75 Å². The van der Waals surface area contributed by atoms with Crippen molar-refractivity contribution >= 4 is 43.5 Å². The standard InChI is InChI=1S/C26H31N3O9S2/c1-18-5-11-22(12-6-18)40(36,37)28-13-3-4-23(28)24(30)29(19(2)25(31)32)20-7-9-21(10-8-20)38-26(33)27-14-16-39(34,35)17-15-27/h5-12,19,23H,3-4,13-17H2,1-2H3,(H,31,32)/t19-,23-/m0/s1. The molecule has 0 bridgehead atoms. The van der Waals surface area contributed by atoms with Gasteiger partial charge in [-0.15, -0.1) is 0 Å². The molecule has 12 nitrogen and oxygen atoms in total. The summed E-state index contributed by atoms with van der Waals surface area (Å²) in [6.45, 7) is 3.30. The van der Waals surface area contributed by atoms with Crippen LogP contribution < -0.4 is 9.64 Å². The van der Waals surface area contributed by atoms with E-state index in [9.17, 15) is 36.3 Å². The van der Waals surface area contributed by atoms with Gasteiger partial charge < -0.3 is 14.7 Å². The van der Waals surface area contributed by atoms with Crippen LogP contribution in [0.15, 0.2) is 53.4 Å². The Labute approximate surface area is 233 Å². The molecule has 2 aliphatic heterocycles. The third-order valence-electron chi connectivity index (χ3n) is 7.02. The number of amides is 2. The Hall–Kier alpha value is -3.49. The number of hydrogen-bond donors (Lipinski definition) is 1. The van der Waals surface area contributed by atoms with Gasteiger partial charge in [-0.3, -0.25) is 9.69 Å². The maximum Gasteiger partial charge on any atom is 0.415 e. The summed E-state index contributed by atoms with van der Waals surface area (Å²) in [5.41, 5.74) is 1.07. The summed E-state index contributed by atoms with van der Waals surface area (Å²) in [6.07, 6.45) is -0.0605. The highest BCUT2D eigenvalue weighted by atomic mass is 32.2. The molecule has 2 saturated heterocycles. The fourth-order valence-electron chi connectivity index (χ4n) is 4.67. The molecule has 2 aromatic rings. The summed E-state index contributed by atoms with van der Waals surface area (Å²) in [5.74, 6) is -2.15. The Morgan fingerprint density at radius 2 is 1.60 bits per heavy atom. The van der Waals surface area contributed by atoms with E-state index in [1.54, 1.807) is 12.1 Å². The van der Waals surface area contributed by atoms with Crippen LogP contribution in [-0.4, -0.2) is 92.3 Å². The van der Waals surface area contributed by atoms with Crippen LogP contribution >= 0.6 is 0 Å². The number of nitrogens with zero attached hydrogens (tertiary/aromatic N) is 3. The largest absolute Gasteiger partial charge is 0.480 e. The lowest BCUT2D eigenvalue weighted by atomic mass is 10.1. The maximum atomic E-state index is 13.8. The lowest BCUT2D eigenvalue weighted by Gasteiger charge is -2.32. The van der Waals surface area contributed by atoms with Crippen LogP contribution in [0.3, 0.4) is 0 Å². The van der Waals surface area contributed by atoms with Crippen molar-refractivity contribution in [3.63, 3.8) is 0 Å². The number of carbonyl (C=O) groups is 3. The summed E-state index contributed by atoms with van der Waals surface area (Å²) in [6, 6.07) is 9.47. The second-order valence-corrected chi connectivity index (χ2v) is 14.0. The zero-order valence-electron chi connectivity index (χ0n) is 22.1. The van der Waals surface area contributed by atoms with Crippen molar-refractivity contribution in [1.82, 2.24) is 9.21 Å². The number of sulfonamides is 1. The Bertz CT molecular complexity index is 1480. The monoisotopic (exact) mass is 593 g/mol. The first-order valence-corrected chi connectivity index (χ1v) is 16.0. The summed E-state index contributed by atoms with van der Waals surface area (Å²) >= 11 is 0. The quantitative estimate of drug-likeness (QED) is 0.506. The average molecular weight is 594 g/mol. The van der Waals surface area contributed by atoms with Crippen molar-refractivity contribution in [1.29, 1.82) is 0 Å². The van der Waals surface area contributed by atoms with E-state index < -0.39 is 49.9 Å². The number of benzene rings is 2. The Kier molecular flexibility index (Phi) is 8.52. The predicted octanol–water partition coefficient (Wildman–Crippen LogP) is 1.88. The first-order valence-electron chi connectivity index (χ1n) is 12.7. The summed E-state index contributed by atoms with van der Waals surface area (Å²) in [4.78, 5) is 40.5. The van der Waals surface area contributed by atoms with Gasteiger partial charge in [-0.25, -0.2) is 26.4 Å². The minimum Gasteiger partial charge on any atom is -0.480 e. The third kappa shape index (κ3) is 6.29. The van der Waals surface area contributed by atoms with Crippen LogP contribution in [0.25, 0.3) is 0 Å². The molecular weight excluding hydrogens is 562 g/mol. The van der Waals surface area contributed by atoms with Gasteiger partial charge in [0.15, 0.2) is 9.84 Å². The van der Waals surface area contributed by atoms with Gasteiger partial charge in [-0.2, -0.15) is 4.31 Å². The zero-order chi connectivity index (χ0) is 29.2. The fourth-order valence-corrected chi connectivity index (χ4v) is 7.52. The molecule has 2 aromatic carbocycles. The van der Waals surface area contributed by atoms with E-state index in [1.165, 1.54) is 48.2 Å². The van der Waals surface area contributed by atoms with Crippen molar-refractivity contribution in [2.45, 2.75) is 43.7 Å². The number of carboxylic acids is 1. The van der Waals surface area contributed by atoms with E-state index in [0.717, 1.165) is 14.8 Å². The Morgan fingerprint density at radius 1 is 1.00 bits per heavy atom. The molecule has 2 atom stereocenters. The van der Waals surface area contributed by atoms with Gasteiger partial charge in [0.25, 0.3) is 0 Å². The summed E-state index contributed by atoms with van der Waals surface area (Å²) < 4.78 is 56.4. The molecule has 40 heavy (non-hydrogen) atoms. The van der Waals surface area contributed by atoms with Crippen LogP contribution in [0.4, 0.5) is 10.5 Å². The fraction of sp³-hybridized carbons (Fsp3) is 0.423. The molecule has 0 radical (unpaired) electrons. The topological polar surface area (TPSA) is 159 Å². The van der Waals surface area contributed by atoms with E-state index in [4.69, 9.17) is 4.74 Å². The Balaban J connectivity index is 1.55. The minimum absolute atomic E-state index is 0.0149. The van der Waals surface area contributed by atoms with Gasteiger partial charge in [0, 0.05) is 25.3 Å². The van der Waals surface area contributed by atoms with Crippen molar-refractivity contribution in [2.24, 2.45) is 0 Å². The number of sulfone groups is 1. The van der Waals surface area contributed by atoms with Gasteiger partial charge in [0.05, 0.1) is 16.4 Å². The molecule has 2 amide bonds. The van der Waals surface area contributed by atoms with Crippen molar-refractivity contribution in [2.75, 3.05) is 36.0 Å². The molecule has 0 spiro atoms. The number of hydrogen-bond acceptors (Lipinski definition) is 8. The van der Waals surface area contributed by atoms with Crippen LogP contribution in [0.5, 0.6) is 5.75 Å². The average Bonchev–Trinajstić information content (AvgIpc) is 3.41. The van der Waals surface area contributed by atoms with E-state index in [1.807, 2.05) is 6.92 Å². The normalized spacial score (nSPS) is 20.1. The van der Waals surface area contributed by atoms with Gasteiger partial charge in [-0.1, -0.05) is 17.7 Å². The number of aliphatic carboxylic acids is 1. The first kappa shape index (κ1) is 29.5. The van der Waals surface area contributed by atoms with E-state index in [0.29, 0.717) is 6.42 Å². The predicted molar refractivity (Wildman–Crippen MR) is 145 cm³/mol. The lowest BCUT2D eigenvalue weighted by Crippen LogP contribution is -2.52. The molecule has 2 aliphatic rings. The molecule has 0 saturated carbocycles. The molecule has 216 valence electrons. The van der Waals surface area contributed by atoms with Gasteiger partial charge in [-0.05, 0) is 63.1 Å². The summed E-state index contributed by atoms with van der Waals surface area (Å²) in [5, 5.41) is 9.75. The van der Waals surface area contributed by atoms with E-state index in [2.05, 4.69) is 0 Å². The van der Waals surface area contributed by atoms with Gasteiger partial charge >= 0.3 is 12.1 Å². The highest BCUT2D eigenvalue weighted by molar-refractivity contribution is 7.91. The molecule has 2 fully saturated rings. The zero-order valence-corrected chi connectivity index (χ0v) is 23.7. The highest BCUT2D eigenvalue weighted by Crippen LogP contribution is 2.31. The first-order chi connectivity index (χ1) is 18.8. The van der Waals surface area contributed by atoms with E-state index in [-0.39, 0.29) is 53.9 Å². The molecular formula is C26H31N3O9S2. The van der Waals surface area contributed by atoms with Crippen molar-refractivity contribution < 1.29 is 41.1 Å². The van der Waals surface area contributed by atoms with Crippen LogP contribution in [0.1, 0.15) is 25.3 Å². The SMILES string of the molecule is Cc1ccc(S(=O)(=O)N2CCC[C@H]2C(=O)N(c2ccc(OC(=O)N3CCS(=O)(=O)CC3)cc2)[C@@H](C)C(=O)O)cc1. The molecule has 0 unspecified atom stereocenters. The highest BCUT2D eigenvalue weighted by Gasteiger charge is 2.43. The second-order valence-electron chi connectivity index (χ2n) is 9.81. The smallest absolute Gasteiger partial charge is 0.415 e. The summed E-state index contributed by atoms with van der Waals surface area (Å²) in [7, 11) is -7.19. The van der Waals surface area contributed by atoms with Crippen LogP contribution in [-0.2, 0) is 29.4 Å². The molecule has 14 heteroatoms. The number of carbonyl (C=O) groups excluding carboxylic acids is 2. The minimum atomic E-state index is -4.01. The molecule has 4 rings (SSSR count). The molecule has 0 aromatic heterocycles. The van der Waals surface area contributed by atoms with Crippen LogP contribution in [0.2, 0.25) is 0 Å². The van der Waals surface area contributed by atoms with Crippen molar-refractivity contribution in [3.05, 3.63) is 54.1 Å². The number of carboxylic acid groups (broad SMARTS) is 1. The lowest BCUT2D eigenvalue weighted by molar-refractivity contribution is -0.140. The van der Waals surface area contributed by atoms with Gasteiger partial charge in [0.1, 0.15) is 17.8 Å². The van der Waals surface area contributed by atoms with Gasteiger partial charge in [0.2, 0.25) is 15.9 Å². The Morgan fingerprint density at radius 3 is 2.17 bits per heavy atom. The molecule has 0 aliphatic carbocycles.